The third-order valence-electron chi connectivity index (χ3n) is 2.61. The first kappa shape index (κ1) is 11.9. The molecule has 1 aromatic carbocycles. The topological polar surface area (TPSA) is 79.0 Å². The van der Waals surface area contributed by atoms with Gasteiger partial charge in [0, 0.05) is 0 Å². The number of para-hydroxylation sites is 2. The highest BCUT2D eigenvalue weighted by Gasteiger charge is 2.14. The number of phenols is 1. The van der Waals surface area contributed by atoms with Crippen molar-refractivity contribution in [1.29, 1.82) is 5.26 Å². The van der Waals surface area contributed by atoms with E-state index in [1.54, 1.807) is 32.0 Å². The number of rotatable bonds is 2. The van der Waals surface area contributed by atoms with E-state index in [0.717, 1.165) is 5.56 Å². The minimum Gasteiger partial charge on any atom is -0.504 e. The van der Waals surface area contributed by atoms with Crippen LogP contribution < -0.4 is 4.74 Å². The molecule has 0 radical (unpaired) electrons. The molecule has 1 N–H and O–H groups in total. The number of aryl methyl sites for hydroxylation is 1. The van der Waals surface area contributed by atoms with Gasteiger partial charge >= 0.3 is 0 Å². The van der Waals surface area contributed by atoms with Crippen molar-refractivity contribution in [3.8, 4) is 23.4 Å². The lowest BCUT2D eigenvalue weighted by atomic mass is 10.1. The number of phenolic OH excluding ortho intramolecular Hbond substituents is 1. The normalized spacial score (nSPS) is 9.83. The van der Waals surface area contributed by atoms with Crippen LogP contribution in [-0.2, 0) is 0 Å². The maximum absolute atomic E-state index is 9.60. The summed E-state index contributed by atoms with van der Waals surface area (Å²) in [6.45, 7) is 3.55. The number of aromatic nitrogens is 2. The lowest BCUT2D eigenvalue weighted by molar-refractivity contribution is 0.398. The number of nitrogens with zero attached hydrogens (tertiary/aromatic N) is 3. The highest BCUT2D eigenvalue weighted by Crippen LogP contribution is 2.31. The van der Waals surface area contributed by atoms with Gasteiger partial charge in [0.05, 0.1) is 5.69 Å². The molecule has 0 saturated carbocycles. The van der Waals surface area contributed by atoms with Crippen LogP contribution in [0.25, 0.3) is 0 Å². The lowest BCUT2D eigenvalue weighted by Crippen LogP contribution is -2.00. The zero-order valence-electron chi connectivity index (χ0n) is 10.0. The zero-order chi connectivity index (χ0) is 13.1. The van der Waals surface area contributed by atoms with Crippen molar-refractivity contribution in [3.63, 3.8) is 0 Å². The molecule has 0 atom stereocenters. The molecular weight excluding hydrogens is 230 g/mol. The first-order valence-corrected chi connectivity index (χ1v) is 5.33. The summed E-state index contributed by atoms with van der Waals surface area (Å²) >= 11 is 0. The van der Waals surface area contributed by atoms with E-state index in [2.05, 4.69) is 10.2 Å². The Labute approximate surface area is 104 Å². The fourth-order valence-corrected chi connectivity index (χ4v) is 1.44. The number of benzene rings is 1. The highest BCUT2D eigenvalue weighted by atomic mass is 16.5. The molecule has 0 aliphatic heterocycles. The average molecular weight is 241 g/mol. The Hall–Kier alpha value is -2.61. The van der Waals surface area contributed by atoms with Gasteiger partial charge in [0.2, 0.25) is 0 Å². The highest BCUT2D eigenvalue weighted by molar-refractivity contribution is 5.48. The Morgan fingerprint density at radius 3 is 2.61 bits per heavy atom. The molecule has 2 aromatic rings. The third kappa shape index (κ3) is 2.09. The minimum absolute atomic E-state index is 0.0126. The van der Waals surface area contributed by atoms with Crippen molar-refractivity contribution in [3.05, 3.63) is 41.1 Å². The van der Waals surface area contributed by atoms with Crippen molar-refractivity contribution in [2.45, 2.75) is 13.8 Å². The zero-order valence-corrected chi connectivity index (χ0v) is 10.0. The van der Waals surface area contributed by atoms with E-state index >= 15 is 0 Å². The van der Waals surface area contributed by atoms with E-state index in [4.69, 9.17) is 10.00 Å². The first-order valence-electron chi connectivity index (χ1n) is 5.33. The number of nitriles is 1. The van der Waals surface area contributed by atoms with Crippen LogP contribution >= 0.6 is 0 Å². The summed E-state index contributed by atoms with van der Waals surface area (Å²) in [4.78, 5) is 0. The molecule has 0 saturated heterocycles. The second kappa shape index (κ2) is 4.72. The molecule has 18 heavy (non-hydrogen) atoms. The van der Waals surface area contributed by atoms with E-state index in [-0.39, 0.29) is 17.4 Å². The fourth-order valence-electron chi connectivity index (χ4n) is 1.44. The molecule has 1 heterocycles. The first-order chi connectivity index (χ1) is 8.63. The predicted octanol–water partition coefficient (Wildman–Crippen LogP) is 2.46. The fraction of sp³-hybridized carbons (Fsp3) is 0.154. The Morgan fingerprint density at radius 2 is 1.94 bits per heavy atom. The van der Waals surface area contributed by atoms with Crippen molar-refractivity contribution >= 4 is 0 Å². The van der Waals surface area contributed by atoms with E-state index in [1.165, 1.54) is 6.07 Å². The van der Waals surface area contributed by atoms with Gasteiger partial charge in [0.1, 0.15) is 11.6 Å². The number of hydrogen-bond acceptors (Lipinski definition) is 5. The van der Waals surface area contributed by atoms with Gasteiger partial charge in [0.15, 0.2) is 11.5 Å². The van der Waals surface area contributed by atoms with Gasteiger partial charge in [-0.15, -0.1) is 5.10 Å². The van der Waals surface area contributed by atoms with Crippen LogP contribution in [0.1, 0.15) is 16.8 Å². The van der Waals surface area contributed by atoms with Gasteiger partial charge in [-0.1, -0.05) is 12.1 Å². The molecule has 0 spiro atoms. The summed E-state index contributed by atoms with van der Waals surface area (Å²) < 4.78 is 5.42. The summed E-state index contributed by atoms with van der Waals surface area (Å²) in [7, 11) is 0. The van der Waals surface area contributed by atoms with Crippen molar-refractivity contribution < 1.29 is 9.84 Å². The Bertz CT molecular complexity index is 633. The largest absolute Gasteiger partial charge is 0.504 e. The molecule has 0 aliphatic rings. The van der Waals surface area contributed by atoms with Gasteiger partial charge in [-0.3, -0.25) is 0 Å². The van der Waals surface area contributed by atoms with Crippen LogP contribution in [0.15, 0.2) is 24.3 Å². The van der Waals surface area contributed by atoms with Gasteiger partial charge in [0.25, 0.3) is 5.88 Å². The molecule has 90 valence electrons. The molecule has 0 unspecified atom stereocenters. The SMILES string of the molecule is Cc1nnc(Oc2ccccc2O)c(C#N)c1C. The van der Waals surface area contributed by atoms with Gasteiger partial charge in [-0.25, -0.2) is 0 Å². The Balaban J connectivity index is 2.45. The van der Waals surface area contributed by atoms with Crippen molar-refractivity contribution in [2.75, 3.05) is 0 Å². The minimum atomic E-state index is -0.0126. The smallest absolute Gasteiger partial charge is 0.257 e. The van der Waals surface area contributed by atoms with Crippen LogP contribution in [0.2, 0.25) is 0 Å². The maximum atomic E-state index is 9.60. The quantitative estimate of drug-likeness (QED) is 0.873. The van der Waals surface area contributed by atoms with Gasteiger partial charge in [-0.05, 0) is 31.5 Å². The second-order valence-electron chi connectivity index (χ2n) is 3.77. The molecule has 1 aromatic heterocycles. The third-order valence-corrected chi connectivity index (χ3v) is 2.61. The number of aromatic hydroxyl groups is 1. The van der Waals surface area contributed by atoms with E-state index < -0.39 is 0 Å². The number of ether oxygens (including phenoxy) is 1. The summed E-state index contributed by atoms with van der Waals surface area (Å²) in [5, 5.41) is 26.5. The summed E-state index contributed by atoms with van der Waals surface area (Å²) in [5.41, 5.74) is 1.72. The Kier molecular flexibility index (Phi) is 3.11. The van der Waals surface area contributed by atoms with Crippen molar-refractivity contribution in [2.24, 2.45) is 0 Å². The molecular formula is C13H11N3O2. The van der Waals surface area contributed by atoms with Crippen LogP contribution in [0.3, 0.4) is 0 Å². The van der Waals surface area contributed by atoms with Gasteiger partial charge in [-0.2, -0.15) is 10.4 Å². The molecule has 0 bridgehead atoms. The molecule has 2 rings (SSSR count). The van der Waals surface area contributed by atoms with E-state index in [1.807, 2.05) is 6.07 Å². The molecule has 5 heteroatoms. The second-order valence-corrected chi connectivity index (χ2v) is 3.77. The molecule has 0 aliphatic carbocycles. The van der Waals surface area contributed by atoms with E-state index in [0.29, 0.717) is 11.3 Å². The van der Waals surface area contributed by atoms with Crippen LogP contribution in [0, 0.1) is 25.2 Å². The number of hydrogen-bond donors (Lipinski definition) is 1. The Morgan fingerprint density at radius 1 is 1.22 bits per heavy atom. The predicted molar refractivity (Wildman–Crippen MR) is 64.4 cm³/mol. The monoisotopic (exact) mass is 241 g/mol. The summed E-state index contributed by atoms with van der Waals surface area (Å²) in [6.07, 6.45) is 0. The summed E-state index contributed by atoms with van der Waals surface area (Å²) in [6, 6.07) is 8.52. The van der Waals surface area contributed by atoms with Crippen molar-refractivity contribution in [1.82, 2.24) is 10.2 Å². The van der Waals surface area contributed by atoms with E-state index in [9.17, 15) is 5.11 Å². The maximum Gasteiger partial charge on any atom is 0.257 e. The van der Waals surface area contributed by atoms with Crippen LogP contribution in [0.4, 0.5) is 0 Å². The molecule has 0 amide bonds. The lowest BCUT2D eigenvalue weighted by Gasteiger charge is -2.09. The van der Waals surface area contributed by atoms with Gasteiger partial charge < -0.3 is 9.84 Å². The average Bonchev–Trinajstić information content (AvgIpc) is 2.37. The molecule has 5 nitrogen and oxygen atoms in total. The summed E-state index contributed by atoms with van der Waals surface area (Å²) in [5.74, 6) is 0.329. The standard InChI is InChI=1S/C13H11N3O2/c1-8-9(2)15-16-13(10(8)7-14)18-12-6-4-3-5-11(12)17/h3-6,17H,1-2H3. The van der Waals surface area contributed by atoms with Crippen LogP contribution in [0.5, 0.6) is 17.4 Å². The molecule has 0 fully saturated rings. The van der Waals surface area contributed by atoms with Crippen LogP contribution in [-0.4, -0.2) is 15.3 Å².